The number of nitrogens with zero attached hydrogens (tertiary/aromatic N) is 2. The van der Waals surface area contributed by atoms with Crippen LogP contribution in [0.5, 0.6) is 0 Å². The molecular formula is C22H27N5O3. The van der Waals surface area contributed by atoms with Crippen LogP contribution in [0.25, 0.3) is 0 Å². The van der Waals surface area contributed by atoms with E-state index in [2.05, 4.69) is 11.2 Å². The van der Waals surface area contributed by atoms with Crippen LogP contribution in [0, 0.1) is 12.3 Å². The van der Waals surface area contributed by atoms with Gasteiger partial charge in [-0.2, -0.15) is 0 Å². The molecule has 1 saturated heterocycles. The predicted molar refractivity (Wildman–Crippen MR) is 112 cm³/mol. The zero-order valence-corrected chi connectivity index (χ0v) is 16.9. The largest absolute Gasteiger partial charge is 0.391 e. The summed E-state index contributed by atoms with van der Waals surface area (Å²) in [5.74, 6) is 7.33. The number of aryl methyl sites for hydroxylation is 1. The average Bonchev–Trinajstić information content (AvgIpc) is 3.05. The van der Waals surface area contributed by atoms with Crippen molar-refractivity contribution >= 4 is 17.7 Å². The number of piperidine rings is 1. The number of fused-ring (bicyclic) bond motifs is 1. The molecule has 1 atom stereocenters. The highest BCUT2D eigenvalue weighted by molar-refractivity contribution is 6.05. The Morgan fingerprint density at radius 1 is 1.30 bits per heavy atom. The van der Waals surface area contributed by atoms with Gasteiger partial charge in [0, 0.05) is 31.3 Å². The molecule has 0 aromatic heterocycles. The molecule has 0 aliphatic carbocycles. The van der Waals surface area contributed by atoms with Crippen LogP contribution in [0.1, 0.15) is 53.6 Å². The molecule has 2 heterocycles. The van der Waals surface area contributed by atoms with Crippen molar-refractivity contribution in [3.8, 4) is 12.3 Å². The Bertz CT molecular complexity index is 918. The number of hydrogen-bond acceptors (Lipinski definition) is 6. The molecule has 8 heteroatoms. The summed E-state index contributed by atoms with van der Waals surface area (Å²) >= 11 is 0. The number of allylic oxidation sites excluding steroid dienone is 1. The highest BCUT2D eigenvalue weighted by atomic mass is 16.2. The van der Waals surface area contributed by atoms with Crippen molar-refractivity contribution in [2.75, 3.05) is 6.54 Å². The molecule has 3 rings (SSSR count). The van der Waals surface area contributed by atoms with Crippen LogP contribution in [0.4, 0.5) is 0 Å². The number of carbonyl (C=O) groups excluding carboxylic acids is 3. The van der Waals surface area contributed by atoms with Gasteiger partial charge >= 0.3 is 0 Å². The zero-order valence-electron chi connectivity index (χ0n) is 16.9. The second kappa shape index (κ2) is 9.46. The van der Waals surface area contributed by atoms with E-state index in [1.807, 2.05) is 18.2 Å². The van der Waals surface area contributed by atoms with E-state index in [-0.39, 0.29) is 24.1 Å². The first kappa shape index (κ1) is 21.4. The van der Waals surface area contributed by atoms with Gasteiger partial charge in [-0.05, 0) is 42.9 Å². The maximum absolute atomic E-state index is 12.9. The van der Waals surface area contributed by atoms with Crippen molar-refractivity contribution in [2.24, 2.45) is 11.6 Å². The minimum Gasteiger partial charge on any atom is -0.391 e. The maximum atomic E-state index is 12.9. The highest BCUT2D eigenvalue weighted by Gasteiger charge is 2.39. The molecule has 5 N–H and O–H groups in total. The minimum absolute atomic E-state index is 0.141. The molecule has 158 valence electrons. The van der Waals surface area contributed by atoms with E-state index < -0.39 is 6.04 Å². The molecule has 1 aromatic rings. The van der Waals surface area contributed by atoms with E-state index in [1.54, 1.807) is 11.1 Å². The van der Waals surface area contributed by atoms with Gasteiger partial charge in [-0.1, -0.05) is 24.5 Å². The number of carbonyl (C=O) groups is 3. The van der Waals surface area contributed by atoms with Gasteiger partial charge in [-0.15, -0.1) is 6.42 Å². The van der Waals surface area contributed by atoms with E-state index >= 15 is 0 Å². The topological polar surface area (TPSA) is 122 Å². The molecule has 2 aliphatic rings. The highest BCUT2D eigenvalue weighted by Crippen LogP contribution is 2.30. The van der Waals surface area contributed by atoms with Gasteiger partial charge in [-0.25, -0.2) is 5.84 Å². The smallest absolute Gasteiger partial charge is 0.255 e. The Labute approximate surface area is 176 Å². The zero-order chi connectivity index (χ0) is 21.7. The quantitative estimate of drug-likeness (QED) is 0.192. The van der Waals surface area contributed by atoms with E-state index in [0.29, 0.717) is 30.8 Å². The Morgan fingerprint density at radius 3 is 2.83 bits per heavy atom. The first-order chi connectivity index (χ1) is 14.4. The van der Waals surface area contributed by atoms with Gasteiger partial charge < -0.3 is 15.6 Å². The Balaban J connectivity index is 1.55. The van der Waals surface area contributed by atoms with Crippen molar-refractivity contribution < 1.29 is 14.4 Å². The van der Waals surface area contributed by atoms with Crippen molar-refractivity contribution in [3.63, 3.8) is 0 Å². The Kier molecular flexibility index (Phi) is 6.75. The predicted octanol–water partition coefficient (Wildman–Crippen LogP) is 0.769. The lowest BCUT2D eigenvalue weighted by Crippen LogP contribution is -2.52. The van der Waals surface area contributed by atoms with Gasteiger partial charge in [-0.3, -0.25) is 19.7 Å². The van der Waals surface area contributed by atoms with Gasteiger partial charge in [0.05, 0.1) is 0 Å². The fourth-order valence-electron chi connectivity index (χ4n) is 3.95. The summed E-state index contributed by atoms with van der Waals surface area (Å²) in [7, 11) is 0. The number of hydrogen-bond donors (Lipinski definition) is 3. The fraction of sp³-hybridized carbons (Fsp3) is 0.409. The first-order valence-electron chi connectivity index (χ1n) is 10.1. The summed E-state index contributed by atoms with van der Waals surface area (Å²) in [6, 6.07) is 5.14. The molecule has 1 fully saturated rings. The Hall–Kier alpha value is -3.31. The first-order valence-corrected chi connectivity index (χ1v) is 10.1. The minimum atomic E-state index is -0.588. The number of amides is 3. The fourth-order valence-corrected chi connectivity index (χ4v) is 3.95. The number of rotatable bonds is 8. The third-order valence-corrected chi connectivity index (χ3v) is 5.51. The molecular weight excluding hydrogens is 382 g/mol. The number of benzene rings is 1. The number of nitrogens with two attached hydrogens (primary N) is 2. The van der Waals surface area contributed by atoms with E-state index in [1.165, 1.54) is 5.01 Å². The molecule has 1 aromatic carbocycles. The monoisotopic (exact) mass is 409 g/mol. The molecule has 3 amide bonds. The number of nitrogens with one attached hydrogen (secondary N) is 1. The normalized spacial score (nSPS) is 18.8. The van der Waals surface area contributed by atoms with Crippen molar-refractivity contribution in [1.29, 1.82) is 0 Å². The second-order valence-corrected chi connectivity index (χ2v) is 7.62. The van der Waals surface area contributed by atoms with E-state index in [9.17, 15) is 14.4 Å². The summed E-state index contributed by atoms with van der Waals surface area (Å²) in [6.07, 6.45) is 11.0. The summed E-state index contributed by atoms with van der Waals surface area (Å²) < 4.78 is 0. The lowest BCUT2D eigenvalue weighted by Gasteiger charge is -2.29. The Morgan fingerprint density at radius 2 is 2.10 bits per heavy atom. The van der Waals surface area contributed by atoms with Gasteiger partial charge in [0.25, 0.3) is 5.91 Å². The maximum Gasteiger partial charge on any atom is 0.255 e. The third kappa shape index (κ3) is 4.81. The summed E-state index contributed by atoms with van der Waals surface area (Å²) in [6.45, 7) is 1.06. The van der Waals surface area contributed by atoms with Gasteiger partial charge in [0.2, 0.25) is 11.8 Å². The third-order valence-electron chi connectivity index (χ3n) is 5.51. The van der Waals surface area contributed by atoms with Crippen LogP contribution in [-0.2, 0) is 22.6 Å². The molecule has 2 aliphatic heterocycles. The molecule has 0 spiro atoms. The lowest BCUT2D eigenvalue weighted by molar-refractivity contribution is -0.136. The van der Waals surface area contributed by atoms with Crippen molar-refractivity contribution in [2.45, 2.75) is 51.1 Å². The van der Waals surface area contributed by atoms with Gasteiger partial charge in [0.15, 0.2) is 0 Å². The van der Waals surface area contributed by atoms with Crippen LogP contribution in [-0.4, -0.2) is 40.2 Å². The summed E-state index contributed by atoms with van der Waals surface area (Å²) in [5, 5.41) is 3.82. The number of terminal acetylenes is 1. The standard InChI is InChI=1S/C22H27N5O3/c1-2-16(23)13-26(24)12-5-3-4-7-15-8-6-9-17-18(15)14-27(22(17)30)19-10-11-20(28)25-21(19)29/h1,6,8-9,13,19H,3-5,7,10-12,14,23-24H2,(H,25,28,29)/b16-13-. The van der Waals surface area contributed by atoms with Crippen LogP contribution in [0.3, 0.4) is 0 Å². The summed E-state index contributed by atoms with van der Waals surface area (Å²) in [4.78, 5) is 38.0. The number of imide groups is 1. The van der Waals surface area contributed by atoms with Crippen molar-refractivity contribution in [1.82, 2.24) is 15.2 Å². The number of unbranched alkanes of at least 4 members (excludes halogenated alkanes) is 2. The molecule has 0 bridgehead atoms. The van der Waals surface area contributed by atoms with Crippen molar-refractivity contribution in [3.05, 3.63) is 46.8 Å². The molecule has 30 heavy (non-hydrogen) atoms. The SMILES string of the molecule is C#C/C(N)=C/N(N)CCCCCc1cccc2c1CN(C1CCC(=O)NC1=O)C2=O. The molecule has 8 nitrogen and oxygen atoms in total. The van der Waals surface area contributed by atoms with Crippen LogP contribution in [0.2, 0.25) is 0 Å². The second-order valence-electron chi connectivity index (χ2n) is 7.62. The van der Waals surface area contributed by atoms with E-state index in [4.69, 9.17) is 18.0 Å². The summed E-state index contributed by atoms with van der Waals surface area (Å²) in [5.41, 5.74) is 8.61. The van der Waals surface area contributed by atoms with Crippen LogP contribution < -0.4 is 16.9 Å². The molecule has 0 saturated carbocycles. The number of hydrazine groups is 1. The van der Waals surface area contributed by atoms with E-state index in [0.717, 1.165) is 36.8 Å². The molecule has 1 unspecified atom stereocenters. The average molecular weight is 409 g/mol. The lowest BCUT2D eigenvalue weighted by atomic mass is 9.98. The molecule has 0 radical (unpaired) electrons. The van der Waals surface area contributed by atoms with Gasteiger partial charge in [0.1, 0.15) is 11.7 Å². The van der Waals surface area contributed by atoms with Crippen LogP contribution in [0.15, 0.2) is 30.1 Å². The van der Waals surface area contributed by atoms with Crippen LogP contribution >= 0.6 is 0 Å².